The molecule has 82 valence electrons. The largest absolute Gasteiger partial charge is 0.392 e. The van der Waals surface area contributed by atoms with E-state index >= 15 is 0 Å². The predicted molar refractivity (Wildman–Crippen MR) is 58.5 cm³/mol. The number of halogens is 1. The number of nitrogens with zero attached hydrogens (tertiary/aromatic N) is 2. The van der Waals surface area contributed by atoms with Crippen molar-refractivity contribution >= 4 is 11.8 Å². The summed E-state index contributed by atoms with van der Waals surface area (Å²) in [7, 11) is 0. The first-order chi connectivity index (χ1) is 7.81. The molecule has 0 bridgehead atoms. The Morgan fingerprint density at radius 2 is 2.19 bits per heavy atom. The third-order valence-corrected chi connectivity index (χ3v) is 3.09. The number of aliphatic hydroxyl groups is 1. The van der Waals surface area contributed by atoms with E-state index in [4.69, 9.17) is 5.11 Å². The Balaban J connectivity index is 2.34. The number of aromatic nitrogens is 2. The standard InChI is InChI=1S/C11H9FN2OS/c12-9-3-1-2-8(6-15)11(9)16-10-4-5-13-7-14-10/h1-5,7,15H,6H2. The van der Waals surface area contributed by atoms with Gasteiger partial charge in [-0.05, 0) is 17.7 Å². The van der Waals surface area contributed by atoms with Crippen molar-refractivity contribution in [1.29, 1.82) is 0 Å². The lowest BCUT2D eigenvalue weighted by Gasteiger charge is -2.06. The van der Waals surface area contributed by atoms with Gasteiger partial charge in [0.1, 0.15) is 17.2 Å². The highest BCUT2D eigenvalue weighted by Gasteiger charge is 2.09. The fourth-order valence-electron chi connectivity index (χ4n) is 1.24. The molecule has 2 rings (SSSR count). The van der Waals surface area contributed by atoms with Crippen LogP contribution in [0.5, 0.6) is 0 Å². The van der Waals surface area contributed by atoms with Crippen molar-refractivity contribution < 1.29 is 9.50 Å². The predicted octanol–water partition coefficient (Wildman–Crippen LogP) is 2.26. The van der Waals surface area contributed by atoms with Gasteiger partial charge in [0.15, 0.2) is 0 Å². The second-order valence-corrected chi connectivity index (χ2v) is 4.07. The van der Waals surface area contributed by atoms with Crippen LogP contribution in [0.2, 0.25) is 0 Å². The Morgan fingerprint density at radius 1 is 1.31 bits per heavy atom. The highest BCUT2D eigenvalue weighted by Crippen LogP contribution is 2.31. The van der Waals surface area contributed by atoms with Gasteiger partial charge in [-0.1, -0.05) is 23.9 Å². The molecule has 0 aliphatic heterocycles. The van der Waals surface area contributed by atoms with Crippen molar-refractivity contribution in [2.75, 3.05) is 0 Å². The lowest BCUT2D eigenvalue weighted by Crippen LogP contribution is -1.92. The van der Waals surface area contributed by atoms with Gasteiger partial charge < -0.3 is 5.11 Å². The average Bonchev–Trinajstić information content (AvgIpc) is 2.33. The Kier molecular flexibility index (Phi) is 3.48. The fraction of sp³-hybridized carbons (Fsp3) is 0.0909. The van der Waals surface area contributed by atoms with Gasteiger partial charge in [0.05, 0.1) is 11.5 Å². The van der Waals surface area contributed by atoms with E-state index in [1.54, 1.807) is 24.4 Å². The molecule has 2 aromatic rings. The van der Waals surface area contributed by atoms with Crippen LogP contribution < -0.4 is 0 Å². The maximum absolute atomic E-state index is 13.5. The van der Waals surface area contributed by atoms with Gasteiger partial charge in [0.25, 0.3) is 0 Å². The first-order valence-electron chi connectivity index (χ1n) is 4.63. The van der Waals surface area contributed by atoms with Gasteiger partial charge in [-0.15, -0.1) is 0 Å². The Hall–Kier alpha value is -1.46. The molecular weight excluding hydrogens is 227 g/mol. The first kappa shape index (κ1) is 11.0. The molecule has 5 heteroatoms. The van der Waals surface area contributed by atoms with E-state index in [9.17, 15) is 4.39 Å². The first-order valence-corrected chi connectivity index (χ1v) is 5.45. The van der Waals surface area contributed by atoms with E-state index in [-0.39, 0.29) is 12.4 Å². The minimum Gasteiger partial charge on any atom is -0.392 e. The summed E-state index contributed by atoms with van der Waals surface area (Å²) in [6.45, 7) is -0.189. The molecule has 0 amide bonds. The molecule has 3 nitrogen and oxygen atoms in total. The third-order valence-electron chi connectivity index (χ3n) is 1.98. The van der Waals surface area contributed by atoms with E-state index in [0.717, 1.165) is 0 Å². The lowest BCUT2D eigenvalue weighted by molar-refractivity contribution is 0.277. The minimum atomic E-state index is -0.352. The van der Waals surface area contributed by atoms with E-state index in [2.05, 4.69) is 9.97 Å². The molecule has 0 atom stereocenters. The van der Waals surface area contributed by atoms with Crippen LogP contribution in [0.15, 0.2) is 46.7 Å². The Bertz CT molecular complexity index is 479. The topological polar surface area (TPSA) is 46.0 Å². The number of hydrogen-bond acceptors (Lipinski definition) is 4. The van der Waals surface area contributed by atoms with Crippen LogP contribution in [-0.2, 0) is 6.61 Å². The van der Waals surface area contributed by atoms with Crippen LogP contribution in [0.4, 0.5) is 4.39 Å². The van der Waals surface area contributed by atoms with Crippen LogP contribution in [0.1, 0.15) is 5.56 Å². The minimum absolute atomic E-state index is 0.189. The second-order valence-electron chi connectivity index (χ2n) is 3.04. The van der Waals surface area contributed by atoms with E-state index in [1.165, 1.54) is 24.2 Å². The summed E-state index contributed by atoms with van der Waals surface area (Å²) >= 11 is 1.18. The quantitative estimate of drug-likeness (QED) is 0.830. The van der Waals surface area contributed by atoms with Crippen LogP contribution in [0.25, 0.3) is 0 Å². The van der Waals surface area contributed by atoms with Gasteiger partial charge >= 0.3 is 0 Å². The zero-order valence-electron chi connectivity index (χ0n) is 8.30. The van der Waals surface area contributed by atoms with E-state index in [1.807, 2.05) is 0 Å². The maximum Gasteiger partial charge on any atom is 0.137 e. The zero-order chi connectivity index (χ0) is 11.4. The monoisotopic (exact) mass is 236 g/mol. The molecule has 0 saturated heterocycles. The maximum atomic E-state index is 13.5. The van der Waals surface area contributed by atoms with Crippen molar-refractivity contribution in [2.45, 2.75) is 16.5 Å². The lowest BCUT2D eigenvalue weighted by atomic mass is 10.2. The summed E-state index contributed by atoms with van der Waals surface area (Å²) in [6, 6.07) is 6.32. The van der Waals surface area contributed by atoms with Crippen LogP contribution in [0.3, 0.4) is 0 Å². The summed E-state index contributed by atoms with van der Waals surface area (Å²) < 4.78 is 13.5. The smallest absolute Gasteiger partial charge is 0.137 e. The van der Waals surface area contributed by atoms with Gasteiger partial charge in [0, 0.05) is 6.20 Å². The Morgan fingerprint density at radius 3 is 2.88 bits per heavy atom. The number of benzene rings is 1. The summed E-state index contributed by atoms with van der Waals surface area (Å²) in [5, 5.41) is 9.76. The SMILES string of the molecule is OCc1cccc(F)c1Sc1ccncn1. The molecule has 16 heavy (non-hydrogen) atoms. The van der Waals surface area contributed by atoms with E-state index in [0.29, 0.717) is 15.5 Å². The molecule has 0 spiro atoms. The normalized spacial score (nSPS) is 10.4. The van der Waals surface area contributed by atoms with Crippen molar-refractivity contribution in [3.63, 3.8) is 0 Å². The zero-order valence-corrected chi connectivity index (χ0v) is 9.12. The molecule has 0 aliphatic rings. The van der Waals surface area contributed by atoms with Crippen molar-refractivity contribution in [1.82, 2.24) is 9.97 Å². The molecule has 0 fully saturated rings. The van der Waals surface area contributed by atoms with Gasteiger partial charge in [-0.3, -0.25) is 0 Å². The van der Waals surface area contributed by atoms with Gasteiger partial charge in [-0.2, -0.15) is 0 Å². The molecule has 1 N–H and O–H groups in total. The van der Waals surface area contributed by atoms with Crippen LogP contribution in [0, 0.1) is 5.82 Å². The summed E-state index contributed by atoms with van der Waals surface area (Å²) in [5.74, 6) is -0.352. The number of hydrogen-bond donors (Lipinski definition) is 1. The molecule has 0 saturated carbocycles. The third kappa shape index (κ3) is 2.37. The highest BCUT2D eigenvalue weighted by atomic mass is 32.2. The fourth-order valence-corrected chi connectivity index (χ4v) is 2.10. The summed E-state index contributed by atoms with van der Waals surface area (Å²) in [5.41, 5.74) is 0.559. The van der Waals surface area contributed by atoms with Crippen molar-refractivity contribution in [3.8, 4) is 0 Å². The molecule has 0 radical (unpaired) electrons. The van der Waals surface area contributed by atoms with Crippen LogP contribution >= 0.6 is 11.8 Å². The Labute approximate surface area is 96.4 Å². The molecule has 0 aliphatic carbocycles. The van der Waals surface area contributed by atoms with Crippen molar-refractivity contribution in [3.05, 3.63) is 48.2 Å². The summed E-state index contributed by atoms with van der Waals surface area (Å²) in [4.78, 5) is 8.18. The van der Waals surface area contributed by atoms with Crippen molar-refractivity contribution in [2.24, 2.45) is 0 Å². The number of rotatable bonds is 3. The summed E-state index contributed by atoms with van der Waals surface area (Å²) in [6.07, 6.45) is 3.00. The molecular formula is C11H9FN2OS. The molecule has 1 aromatic carbocycles. The van der Waals surface area contributed by atoms with E-state index < -0.39 is 0 Å². The van der Waals surface area contributed by atoms with Gasteiger partial charge in [0.2, 0.25) is 0 Å². The molecule has 0 unspecified atom stereocenters. The molecule has 1 aromatic heterocycles. The second kappa shape index (κ2) is 5.05. The molecule has 1 heterocycles. The average molecular weight is 236 g/mol. The van der Waals surface area contributed by atoms with Crippen LogP contribution in [-0.4, -0.2) is 15.1 Å². The highest BCUT2D eigenvalue weighted by molar-refractivity contribution is 7.99. The number of aliphatic hydroxyl groups excluding tert-OH is 1. The van der Waals surface area contributed by atoms with Gasteiger partial charge in [-0.25, -0.2) is 14.4 Å².